The lowest BCUT2D eigenvalue weighted by molar-refractivity contribution is 0.0696. The number of carbonyl (C=O) groups is 1. The van der Waals surface area contributed by atoms with Gasteiger partial charge in [-0.3, -0.25) is 0 Å². The van der Waals surface area contributed by atoms with E-state index in [1.807, 2.05) is 36.5 Å². The van der Waals surface area contributed by atoms with Crippen LogP contribution in [0.15, 0.2) is 60.8 Å². The van der Waals surface area contributed by atoms with Gasteiger partial charge in [0.15, 0.2) is 0 Å². The number of carboxylic acid groups (broad SMARTS) is 1. The third-order valence-electron chi connectivity index (χ3n) is 4.54. The Balaban J connectivity index is 1.88. The number of hydrogen-bond acceptors (Lipinski definition) is 2. The summed E-state index contributed by atoms with van der Waals surface area (Å²) >= 11 is 0. The molecule has 4 heteroatoms. The minimum atomic E-state index is -0.941. The maximum Gasteiger partial charge on any atom is 0.337 e. The number of rotatable bonds is 3. The quantitative estimate of drug-likeness (QED) is 0.772. The fourth-order valence-corrected chi connectivity index (χ4v) is 3.41. The van der Waals surface area contributed by atoms with Crippen LogP contribution in [0.3, 0.4) is 0 Å². The van der Waals surface area contributed by atoms with Crippen molar-refractivity contribution in [2.75, 3.05) is 0 Å². The fraction of sp³-hybridized carbons (Fsp3) is 0.143. The number of carboxylic acids is 1. The molecule has 2 aromatic carbocycles. The van der Waals surface area contributed by atoms with Gasteiger partial charge < -0.3 is 5.11 Å². The number of hydrogen-bond donors (Lipinski definition) is 1. The molecule has 124 valence electrons. The molecule has 1 aliphatic rings. The van der Waals surface area contributed by atoms with Crippen LogP contribution < -0.4 is 0 Å². The highest BCUT2D eigenvalue weighted by atomic mass is 16.4. The SMILES string of the molecule is O=C(O)c1ccccc1-n1ncc2c1C(=Cc1ccccc1)CCC2. The van der Waals surface area contributed by atoms with Crippen molar-refractivity contribution in [2.24, 2.45) is 0 Å². The van der Waals surface area contributed by atoms with Crippen LogP contribution in [0.1, 0.15) is 40.0 Å². The maximum atomic E-state index is 11.6. The molecule has 4 nitrogen and oxygen atoms in total. The Labute approximate surface area is 146 Å². The normalized spacial score (nSPS) is 15.1. The van der Waals surface area contributed by atoms with E-state index in [0.717, 1.165) is 30.5 Å². The summed E-state index contributed by atoms with van der Waals surface area (Å²) in [6.45, 7) is 0. The molecule has 0 saturated carbocycles. The first kappa shape index (κ1) is 15.4. The number of aryl methyl sites for hydroxylation is 1. The molecular weight excluding hydrogens is 312 g/mol. The molecule has 3 aromatic rings. The zero-order valence-electron chi connectivity index (χ0n) is 13.7. The van der Waals surface area contributed by atoms with E-state index in [9.17, 15) is 9.90 Å². The molecule has 25 heavy (non-hydrogen) atoms. The van der Waals surface area contributed by atoms with E-state index in [2.05, 4.69) is 23.3 Å². The van der Waals surface area contributed by atoms with Crippen LogP contribution in [-0.4, -0.2) is 20.9 Å². The highest BCUT2D eigenvalue weighted by molar-refractivity contribution is 5.92. The molecule has 0 bridgehead atoms. The number of aromatic carboxylic acids is 1. The maximum absolute atomic E-state index is 11.6. The third kappa shape index (κ3) is 2.87. The van der Waals surface area contributed by atoms with Gasteiger partial charge in [-0.1, -0.05) is 42.5 Å². The predicted molar refractivity (Wildman–Crippen MR) is 97.8 cm³/mol. The van der Waals surface area contributed by atoms with Gasteiger partial charge in [0.2, 0.25) is 0 Å². The molecule has 1 aliphatic carbocycles. The smallest absolute Gasteiger partial charge is 0.337 e. The molecule has 1 N–H and O–H groups in total. The first-order valence-electron chi connectivity index (χ1n) is 8.39. The van der Waals surface area contributed by atoms with Gasteiger partial charge in [-0.2, -0.15) is 5.10 Å². The first-order chi connectivity index (χ1) is 12.2. The van der Waals surface area contributed by atoms with Crippen molar-refractivity contribution in [2.45, 2.75) is 19.3 Å². The molecule has 1 heterocycles. The Morgan fingerprint density at radius 2 is 1.80 bits per heavy atom. The molecule has 1 aromatic heterocycles. The van der Waals surface area contributed by atoms with E-state index in [1.54, 1.807) is 16.8 Å². The largest absolute Gasteiger partial charge is 0.478 e. The molecular formula is C21H18N2O2. The summed E-state index contributed by atoms with van der Waals surface area (Å²) in [6.07, 6.45) is 7.06. The van der Waals surface area contributed by atoms with E-state index >= 15 is 0 Å². The van der Waals surface area contributed by atoms with Gasteiger partial charge in [0, 0.05) is 0 Å². The van der Waals surface area contributed by atoms with E-state index in [0.29, 0.717) is 5.69 Å². The van der Waals surface area contributed by atoms with Gasteiger partial charge in [-0.15, -0.1) is 0 Å². The van der Waals surface area contributed by atoms with Crippen molar-refractivity contribution in [3.63, 3.8) is 0 Å². The summed E-state index contributed by atoms with van der Waals surface area (Å²) in [6, 6.07) is 17.2. The van der Waals surface area contributed by atoms with Gasteiger partial charge in [0.05, 0.1) is 23.1 Å². The van der Waals surface area contributed by atoms with Crippen LogP contribution in [-0.2, 0) is 6.42 Å². The van der Waals surface area contributed by atoms with E-state index in [-0.39, 0.29) is 5.56 Å². The van der Waals surface area contributed by atoms with Crippen molar-refractivity contribution in [1.29, 1.82) is 0 Å². The minimum absolute atomic E-state index is 0.262. The van der Waals surface area contributed by atoms with Gasteiger partial charge in [0.1, 0.15) is 0 Å². The second-order valence-corrected chi connectivity index (χ2v) is 6.19. The standard InChI is InChI=1S/C21H18N2O2/c24-21(25)18-11-4-5-12-19(18)23-20-16(9-6-10-17(20)14-22-23)13-15-7-2-1-3-8-15/h1-5,7-8,11-14H,6,9-10H2,(H,24,25). The molecule has 0 spiro atoms. The van der Waals surface area contributed by atoms with Crippen LogP contribution in [0.5, 0.6) is 0 Å². The molecule has 4 rings (SSSR count). The number of para-hydroxylation sites is 1. The lowest BCUT2D eigenvalue weighted by atomic mass is 9.91. The van der Waals surface area contributed by atoms with Crippen molar-refractivity contribution in [1.82, 2.24) is 9.78 Å². The second kappa shape index (κ2) is 6.40. The molecule has 0 radical (unpaired) electrons. The summed E-state index contributed by atoms with van der Waals surface area (Å²) in [5, 5.41) is 14.0. The van der Waals surface area contributed by atoms with E-state index < -0.39 is 5.97 Å². The fourth-order valence-electron chi connectivity index (χ4n) is 3.41. The van der Waals surface area contributed by atoms with E-state index in [4.69, 9.17) is 0 Å². The molecule has 0 unspecified atom stereocenters. The lowest BCUT2D eigenvalue weighted by Gasteiger charge is -2.19. The monoisotopic (exact) mass is 330 g/mol. The van der Waals surface area contributed by atoms with Crippen LogP contribution in [0.2, 0.25) is 0 Å². The van der Waals surface area contributed by atoms with Crippen LogP contribution in [0, 0.1) is 0 Å². The summed E-state index contributed by atoms with van der Waals surface area (Å²) < 4.78 is 1.78. The zero-order chi connectivity index (χ0) is 17.2. The second-order valence-electron chi connectivity index (χ2n) is 6.19. The van der Waals surface area contributed by atoms with Gasteiger partial charge in [0.25, 0.3) is 0 Å². The Morgan fingerprint density at radius 3 is 2.60 bits per heavy atom. The average Bonchev–Trinajstić information content (AvgIpc) is 3.07. The van der Waals surface area contributed by atoms with Crippen LogP contribution >= 0.6 is 0 Å². The van der Waals surface area contributed by atoms with Gasteiger partial charge in [-0.25, -0.2) is 9.48 Å². The van der Waals surface area contributed by atoms with Crippen molar-refractivity contribution in [3.8, 4) is 5.69 Å². The minimum Gasteiger partial charge on any atom is -0.478 e. The molecule has 0 fully saturated rings. The van der Waals surface area contributed by atoms with Crippen LogP contribution in [0.25, 0.3) is 17.3 Å². The summed E-state index contributed by atoms with van der Waals surface area (Å²) in [5.74, 6) is -0.941. The number of benzene rings is 2. The molecule has 0 saturated heterocycles. The highest BCUT2D eigenvalue weighted by Gasteiger charge is 2.22. The van der Waals surface area contributed by atoms with Gasteiger partial charge in [-0.05, 0) is 54.2 Å². The predicted octanol–water partition coefficient (Wildman–Crippen LogP) is 4.45. The van der Waals surface area contributed by atoms with E-state index in [1.165, 1.54) is 11.1 Å². The number of fused-ring (bicyclic) bond motifs is 1. The Kier molecular flexibility index (Phi) is 3.94. The molecule has 0 amide bonds. The Hall–Kier alpha value is -3.14. The van der Waals surface area contributed by atoms with Crippen LogP contribution in [0.4, 0.5) is 0 Å². The van der Waals surface area contributed by atoms with Crippen molar-refractivity contribution >= 4 is 17.6 Å². The topological polar surface area (TPSA) is 55.1 Å². The first-order valence-corrected chi connectivity index (χ1v) is 8.39. The summed E-state index contributed by atoms with van der Waals surface area (Å²) in [5.41, 5.74) is 5.42. The summed E-state index contributed by atoms with van der Waals surface area (Å²) in [4.78, 5) is 11.6. The molecule has 0 aliphatic heterocycles. The lowest BCUT2D eigenvalue weighted by Crippen LogP contribution is -2.11. The summed E-state index contributed by atoms with van der Waals surface area (Å²) in [7, 11) is 0. The average molecular weight is 330 g/mol. The molecule has 0 atom stereocenters. The van der Waals surface area contributed by atoms with Crippen molar-refractivity contribution in [3.05, 3.63) is 83.2 Å². The Morgan fingerprint density at radius 1 is 1.04 bits per heavy atom. The van der Waals surface area contributed by atoms with Crippen molar-refractivity contribution < 1.29 is 9.90 Å². The third-order valence-corrected chi connectivity index (χ3v) is 4.54. The number of allylic oxidation sites excluding steroid dienone is 1. The highest BCUT2D eigenvalue weighted by Crippen LogP contribution is 2.34. The Bertz CT molecular complexity index is 955. The number of aromatic nitrogens is 2. The van der Waals surface area contributed by atoms with Gasteiger partial charge >= 0.3 is 5.97 Å². The zero-order valence-corrected chi connectivity index (χ0v) is 13.7. The number of nitrogens with zero attached hydrogens (tertiary/aromatic N) is 2.